The third-order valence-electron chi connectivity index (χ3n) is 4.17. The van der Waals surface area contributed by atoms with Gasteiger partial charge < -0.3 is 10.1 Å². The molecule has 1 N–H and O–H groups in total. The lowest BCUT2D eigenvalue weighted by Crippen LogP contribution is -2.23. The van der Waals surface area contributed by atoms with E-state index in [1.807, 2.05) is 61.5 Å². The van der Waals surface area contributed by atoms with Gasteiger partial charge in [-0.1, -0.05) is 55.5 Å². The van der Waals surface area contributed by atoms with E-state index in [2.05, 4.69) is 20.8 Å². The maximum Gasteiger partial charge on any atom is 0.357 e. The van der Waals surface area contributed by atoms with Crippen LogP contribution in [0.4, 0.5) is 5.69 Å². The highest BCUT2D eigenvalue weighted by molar-refractivity contribution is 6.15. The van der Waals surface area contributed by atoms with Gasteiger partial charge in [-0.2, -0.15) is 4.68 Å². The average Bonchev–Trinajstić information content (AvgIpc) is 3.17. The van der Waals surface area contributed by atoms with Gasteiger partial charge in [-0.15, -0.1) is 5.10 Å². The maximum absolute atomic E-state index is 12.7. The van der Waals surface area contributed by atoms with Crippen LogP contribution in [0.3, 0.4) is 0 Å². The average molecular weight is 391 g/mol. The summed E-state index contributed by atoms with van der Waals surface area (Å²) in [6.07, 6.45) is 2.38. The van der Waals surface area contributed by atoms with E-state index in [9.17, 15) is 9.59 Å². The standard InChI is InChI=1S/C21H21N5O3/c1-3-17-11-7-8-12-18(17)22-20(27)14-29-21(28)19(26-15(2)23-24-25-26)13-16-9-5-4-6-10-16/h4-13H,3,14H2,1-2H3,(H,22,27)/b19-13-. The number of amides is 1. The number of para-hydroxylation sites is 1. The van der Waals surface area contributed by atoms with E-state index in [-0.39, 0.29) is 5.70 Å². The fraction of sp³-hybridized carbons (Fsp3) is 0.190. The quantitative estimate of drug-likeness (QED) is 0.491. The molecule has 0 fully saturated rings. The number of hydrogen-bond acceptors (Lipinski definition) is 6. The van der Waals surface area contributed by atoms with Gasteiger partial charge in [-0.25, -0.2) is 4.79 Å². The van der Waals surface area contributed by atoms with Crippen molar-refractivity contribution in [3.63, 3.8) is 0 Å². The Kier molecular flexibility index (Phi) is 6.47. The van der Waals surface area contributed by atoms with Gasteiger partial charge in [-0.3, -0.25) is 4.79 Å². The van der Waals surface area contributed by atoms with Gasteiger partial charge in [0.25, 0.3) is 5.91 Å². The molecule has 0 aliphatic heterocycles. The summed E-state index contributed by atoms with van der Waals surface area (Å²) >= 11 is 0. The number of nitrogens with one attached hydrogen (secondary N) is 1. The minimum absolute atomic E-state index is 0.112. The van der Waals surface area contributed by atoms with Crippen LogP contribution in [0.5, 0.6) is 0 Å². The first kappa shape index (κ1) is 19.9. The molecular formula is C21H21N5O3. The smallest absolute Gasteiger partial charge is 0.357 e. The van der Waals surface area contributed by atoms with Crippen LogP contribution in [0.2, 0.25) is 0 Å². The zero-order valence-electron chi connectivity index (χ0n) is 16.2. The lowest BCUT2D eigenvalue weighted by atomic mass is 10.1. The summed E-state index contributed by atoms with van der Waals surface area (Å²) in [6.45, 7) is 3.24. The zero-order chi connectivity index (χ0) is 20.6. The summed E-state index contributed by atoms with van der Waals surface area (Å²) in [5.74, 6) is -0.708. The topological polar surface area (TPSA) is 99.0 Å². The van der Waals surface area contributed by atoms with Crippen LogP contribution < -0.4 is 5.32 Å². The molecule has 3 rings (SSSR count). The van der Waals surface area contributed by atoms with Crippen molar-refractivity contribution < 1.29 is 14.3 Å². The molecule has 1 amide bonds. The number of aromatic nitrogens is 4. The fourth-order valence-corrected chi connectivity index (χ4v) is 2.71. The number of aryl methyl sites for hydroxylation is 2. The normalized spacial score (nSPS) is 11.2. The third-order valence-corrected chi connectivity index (χ3v) is 4.17. The minimum atomic E-state index is -0.705. The third kappa shape index (κ3) is 5.13. The zero-order valence-corrected chi connectivity index (χ0v) is 16.2. The lowest BCUT2D eigenvalue weighted by molar-refractivity contribution is -0.141. The molecule has 0 aliphatic carbocycles. The molecule has 8 nitrogen and oxygen atoms in total. The Morgan fingerprint density at radius 3 is 2.52 bits per heavy atom. The number of rotatable bonds is 7. The summed E-state index contributed by atoms with van der Waals surface area (Å²) in [7, 11) is 0. The molecule has 0 saturated heterocycles. The molecule has 8 heteroatoms. The Balaban J connectivity index is 1.73. The molecule has 148 valence electrons. The van der Waals surface area contributed by atoms with Crippen molar-refractivity contribution in [2.24, 2.45) is 0 Å². The van der Waals surface area contributed by atoms with Crippen LogP contribution in [0.25, 0.3) is 11.8 Å². The van der Waals surface area contributed by atoms with Gasteiger partial charge in [0.2, 0.25) is 0 Å². The molecule has 2 aromatic carbocycles. The van der Waals surface area contributed by atoms with Crippen molar-refractivity contribution >= 4 is 29.3 Å². The number of nitrogens with zero attached hydrogens (tertiary/aromatic N) is 4. The highest BCUT2D eigenvalue weighted by Crippen LogP contribution is 2.16. The first-order valence-corrected chi connectivity index (χ1v) is 9.15. The van der Waals surface area contributed by atoms with Crippen molar-refractivity contribution in [3.8, 4) is 0 Å². The Labute approximate surface area is 168 Å². The summed E-state index contributed by atoms with van der Waals surface area (Å²) in [5.41, 5.74) is 2.59. The number of esters is 1. The molecule has 1 heterocycles. The first-order valence-electron chi connectivity index (χ1n) is 9.15. The lowest BCUT2D eigenvalue weighted by Gasteiger charge is -2.11. The number of hydrogen-bond donors (Lipinski definition) is 1. The van der Waals surface area contributed by atoms with Crippen LogP contribution in [0.1, 0.15) is 23.9 Å². The number of carbonyl (C=O) groups excluding carboxylic acids is 2. The van der Waals surface area contributed by atoms with Gasteiger partial charge in [0, 0.05) is 5.69 Å². The molecule has 0 bridgehead atoms. The largest absolute Gasteiger partial charge is 0.451 e. The Hall–Kier alpha value is -3.81. The van der Waals surface area contributed by atoms with Crippen molar-refractivity contribution in [2.45, 2.75) is 20.3 Å². The molecule has 0 unspecified atom stereocenters. The number of benzene rings is 2. The molecule has 1 aromatic heterocycles. The number of anilines is 1. The minimum Gasteiger partial charge on any atom is -0.451 e. The Morgan fingerprint density at radius 2 is 1.83 bits per heavy atom. The molecule has 0 radical (unpaired) electrons. The predicted octanol–water partition coefficient (Wildman–Crippen LogP) is 2.72. The summed E-state index contributed by atoms with van der Waals surface area (Å²) in [5, 5.41) is 14.0. The highest BCUT2D eigenvalue weighted by atomic mass is 16.5. The van der Waals surface area contributed by atoms with E-state index in [0.29, 0.717) is 11.5 Å². The van der Waals surface area contributed by atoms with Gasteiger partial charge in [0.15, 0.2) is 18.1 Å². The summed E-state index contributed by atoms with van der Waals surface area (Å²) < 4.78 is 6.50. The van der Waals surface area contributed by atoms with Crippen molar-refractivity contribution in [3.05, 3.63) is 71.5 Å². The number of carbonyl (C=O) groups is 2. The Morgan fingerprint density at radius 1 is 1.10 bits per heavy atom. The van der Waals surface area contributed by atoms with Gasteiger partial charge in [-0.05, 0) is 47.0 Å². The van der Waals surface area contributed by atoms with Gasteiger partial charge >= 0.3 is 5.97 Å². The first-order chi connectivity index (χ1) is 14.1. The van der Waals surface area contributed by atoms with Crippen molar-refractivity contribution in [1.82, 2.24) is 20.2 Å². The van der Waals surface area contributed by atoms with Crippen LogP contribution in [-0.4, -0.2) is 38.7 Å². The molecule has 3 aromatic rings. The molecular weight excluding hydrogens is 370 g/mol. The van der Waals surface area contributed by atoms with Crippen molar-refractivity contribution in [1.29, 1.82) is 0 Å². The van der Waals surface area contributed by atoms with E-state index < -0.39 is 18.5 Å². The Bertz CT molecular complexity index is 1030. The molecule has 29 heavy (non-hydrogen) atoms. The van der Waals surface area contributed by atoms with E-state index in [1.54, 1.807) is 13.0 Å². The van der Waals surface area contributed by atoms with E-state index in [1.165, 1.54) is 4.68 Å². The van der Waals surface area contributed by atoms with E-state index in [4.69, 9.17) is 4.74 Å². The second-order valence-corrected chi connectivity index (χ2v) is 6.21. The molecule has 0 saturated carbocycles. The van der Waals surface area contributed by atoms with Gasteiger partial charge in [0.05, 0.1) is 0 Å². The second kappa shape index (κ2) is 9.41. The van der Waals surface area contributed by atoms with E-state index in [0.717, 1.165) is 17.5 Å². The SMILES string of the molecule is CCc1ccccc1NC(=O)COC(=O)/C(=C/c1ccccc1)n1nnnc1C. The van der Waals surface area contributed by atoms with Crippen LogP contribution >= 0.6 is 0 Å². The van der Waals surface area contributed by atoms with Crippen LogP contribution in [-0.2, 0) is 20.7 Å². The fourth-order valence-electron chi connectivity index (χ4n) is 2.71. The molecule has 0 spiro atoms. The highest BCUT2D eigenvalue weighted by Gasteiger charge is 2.19. The number of tetrazole rings is 1. The predicted molar refractivity (Wildman–Crippen MR) is 109 cm³/mol. The molecule has 0 aliphatic rings. The summed E-state index contributed by atoms with van der Waals surface area (Å²) in [4.78, 5) is 25.0. The van der Waals surface area contributed by atoms with Crippen molar-refractivity contribution in [2.75, 3.05) is 11.9 Å². The molecule has 0 atom stereocenters. The maximum atomic E-state index is 12.7. The van der Waals surface area contributed by atoms with Gasteiger partial charge in [0.1, 0.15) is 0 Å². The van der Waals surface area contributed by atoms with Crippen LogP contribution in [0.15, 0.2) is 54.6 Å². The summed E-state index contributed by atoms with van der Waals surface area (Å²) in [6, 6.07) is 16.7. The van der Waals surface area contributed by atoms with E-state index >= 15 is 0 Å². The number of ether oxygens (including phenoxy) is 1. The van der Waals surface area contributed by atoms with Crippen LogP contribution in [0, 0.1) is 6.92 Å². The second-order valence-electron chi connectivity index (χ2n) is 6.21. The monoisotopic (exact) mass is 391 g/mol.